The number of aromatic nitrogens is 1. The van der Waals surface area contributed by atoms with Gasteiger partial charge in [0.25, 0.3) is 5.91 Å². The lowest BCUT2D eigenvalue weighted by Gasteiger charge is -2.30. The monoisotopic (exact) mass is 439 g/mol. The second-order valence-electron chi connectivity index (χ2n) is 7.82. The summed E-state index contributed by atoms with van der Waals surface area (Å²) in [5, 5.41) is 15.2. The number of carbonyl (C=O) groups is 2. The molecule has 7 heteroatoms. The minimum absolute atomic E-state index is 0.0988. The van der Waals surface area contributed by atoms with Crippen molar-refractivity contribution >= 4 is 11.8 Å². The third kappa shape index (κ3) is 5.43. The van der Waals surface area contributed by atoms with Gasteiger partial charge in [0.1, 0.15) is 11.7 Å². The van der Waals surface area contributed by atoms with Crippen molar-refractivity contribution in [1.82, 2.24) is 20.5 Å². The summed E-state index contributed by atoms with van der Waals surface area (Å²) >= 11 is 0. The van der Waals surface area contributed by atoms with Crippen LogP contribution in [0, 0.1) is 11.3 Å². The van der Waals surface area contributed by atoms with Gasteiger partial charge in [0, 0.05) is 31.7 Å². The Labute approximate surface area is 193 Å². The van der Waals surface area contributed by atoms with Crippen LogP contribution in [0.25, 0.3) is 22.4 Å². The Morgan fingerprint density at radius 2 is 1.61 bits per heavy atom. The first-order valence-corrected chi connectivity index (χ1v) is 11.0. The fourth-order valence-corrected chi connectivity index (χ4v) is 3.83. The number of amides is 2. The number of carbonyl (C=O) groups excluding carboxylic acids is 2. The van der Waals surface area contributed by atoms with Crippen LogP contribution in [0.15, 0.2) is 72.8 Å². The first-order chi connectivity index (χ1) is 16.2. The third-order valence-corrected chi connectivity index (χ3v) is 5.56. The molecule has 3 aromatic rings. The highest BCUT2D eigenvalue weighted by Gasteiger charge is 2.27. The minimum atomic E-state index is -0.914. The molecule has 1 fully saturated rings. The fraction of sp³-hybridized carbons (Fsp3) is 0.231. The molecule has 0 spiro atoms. The second-order valence-corrected chi connectivity index (χ2v) is 7.82. The number of hydrogen-bond acceptors (Lipinski definition) is 5. The number of nitriles is 1. The molecule has 0 saturated carbocycles. The quantitative estimate of drug-likeness (QED) is 0.616. The van der Waals surface area contributed by atoms with Crippen molar-refractivity contribution < 1.29 is 9.59 Å². The molecule has 0 aliphatic carbocycles. The zero-order valence-corrected chi connectivity index (χ0v) is 18.2. The van der Waals surface area contributed by atoms with Crippen LogP contribution in [0.2, 0.25) is 0 Å². The zero-order valence-electron chi connectivity index (χ0n) is 18.2. The maximum absolute atomic E-state index is 13.2. The second kappa shape index (κ2) is 10.5. The van der Waals surface area contributed by atoms with Crippen LogP contribution in [0.3, 0.4) is 0 Å². The molecule has 1 aliphatic heterocycles. The van der Waals surface area contributed by atoms with Crippen LogP contribution >= 0.6 is 0 Å². The molecule has 2 N–H and O–H groups in total. The van der Waals surface area contributed by atoms with E-state index in [9.17, 15) is 14.9 Å². The standard InChI is InChI=1S/C26H25N5O2/c27-12-11-22(26(33)31-15-13-28-14-16-31)30-25(32)24-18-21(19-7-3-1-4-8-19)17-23(29-24)20-9-5-2-6-10-20/h1-10,17-18,22,28H,11,13-16H2,(H,30,32)/t22-/m0/s1. The molecule has 7 nitrogen and oxygen atoms in total. The molecule has 1 atom stereocenters. The number of hydrogen-bond donors (Lipinski definition) is 2. The minimum Gasteiger partial charge on any atom is -0.338 e. The van der Waals surface area contributed by atoms with Crippen molar-refractivity contribution in [2.45, 2.75) is 12.5 Å². The summed E-state index contributed by atoms with van der Waals surface area (Å²) in [7, 11) is 0. The molecule has 1 aromatic heterocycles. The summed E-state index contributed by atoms with van der Waals surface area (Å²) in [5.41, 5.74) is 3.55. The highest BCUT2D eigenvalue weighted by Crippen LogP contribution is 2.26. The number of piperazine rings is 1. The average molecular weight is 440 g/mol. The van der Waals surface area contributed by atoms with Gasteiger partial charge in [0.2, 0.25) is 5.91 Å². The highest BCUT2D eigenvalue weighted by molar-refractivity contribution is 5.97. The normalized spacial score (nSPS) is 14.2. The maximum Gasteiger partial charge on any atom is 0.270 e. The smallest absolute Gasteiger partial charge is 0.270 e. The largest absolute Gasteiger partial charge is 0.338 e. The Bertz CT molecular complexity index is 1090. The molecule has 4 rings (SSSR count). The third-order valence-electron chi connectivity index (χ3n) is 5.56. The maximum atomic E-state index is 13.2. The van der Waals surface area contributed by atoms with E-state index >= 15 is 0 Å². The van der Waals surface area contributed by atoms with Gasteiger partial charge in [0.15, 0.2) is 0 Å². The summed E-state index contributed by atoms with van der Waals surface area (Å²) in [5.74, 6) is -0.720. The predicted octanol–water partition coefficient (Wildman–Crippen LogP) is 2.86. The number of nitrogens with zero attached hydrogens (tertiary/aromatic N) is 3. The van der Waals surface area contributed by atoms with Crippen molar-refractivity contribution in [2.75, 3.05) is 26.2 Å². The van der Waals surface area contributed by atoms with Gasteiger partial charge in [-0.1, -0.05) is 60.7 Å². The number of pyridine rings is 1. The van der Waals surface area contributed by atoms with Crippen molar-refractivity contribution in [1.29, 1.82) is 5.26 Å². The summed E-state index contributed by atoms with van der Waals surface area (Å²) in [6, 6.07) is 24.1. The SMILES string of the molecule is N#CC[C@H](NC(=O)c1cc(-c2ccccc2)cc(-c2ccccc2)n1)C(=O)N1CCNCC1. The number of nitrogens with one attached hydrogen (secondary N) is 2. The summed E-state index contributed by atoms with van der Waals surface area (Å²) in [4.78, 5) is 32.4. The molecule has 1 saturated heterocycles. The van der Waals surface area contributed by atoms with Gasteiger partial charge in [0.05, 0.1) is 18.2 Å². The van der Waals surface area contributed by atoms with Crippen LogP contribution in [0.4, 0.5) is 0 Å². The van der Waals surface area contributed by atoms with Gasteiger partial charge in [-0.25, -0.2) is 4.98 Å². The molecule has 2 amide bonds. The highest BCUT2D eigenvalue weighted by atomic mass is 16.2. The molecule has 0 bridgehead atoms. The molecule has 33 heavy (non-hydrogen) atoms. The van der Waals surface area contributed by atoms with Crippen LogP contribution in [-0.2, 0) is 4.79 Å². The fourth-order valence-electron chi connectivity index (χ4n) is 3.83. The van der Waals surface area contributed by atoms with E-state index in [1.807, 2.05) is 72.8 Å². The van der Waals surface area contributed by atoms with Crippen molar-refractivity contribution in [3.05, 3.63) is 78.5 Å². The molecular formula is C26H25N5O2. The Hall–Kier alpha value is -4.02. The Morgan fingerprint density at radius 1 is 0.970 bits per heavy atom. The van der Waals surface area contributed by atoms with Gasteiger partial charge >= 0.3 is 0 Å². The van der Waals surface area contributed by atoms with E-state index in [-0.39, 0.29) is 18.0 Å². The molecule has 2 heterocycles. The van der Waals surface area contributed by atoms with Gasteiger partial charge in [-0.3, -0.25) is 9.59 Å². The van der Waals surface area contributed by atoms with E-state index in [1.165, 1.54) is 0 Å². The Kier molecular flexibility index (Phi) is 7.08. The molecule has 1 aliphatic rings. The van der Waals surface area contributed by atoms with E-state index < -0.39 is 11.9 Å². The van der Waals surface area contributed by atoms with Crippen LogP contribution in [-0.4, -0.2) is 53.9 Å². The lowest BCUT2D eigenvalue weighted by atomic mass is 10.0. The lowest BCUT2D eigenvalue weighted by molar-refractivity contribution is -0.133. The Morgan fingerprint density at radius 3 is 2.24 bits per heavy atom. The summed E-state index contributed by atoms with van der Waals surface area (Å²) in [6.45, 7) is 2.49. The van der Waals surface area contributed by atoms with Crippen molar-refractivity contribution in [3.63, 3.8) is 0 Å². The van der Waals surface area contributed by atoms with Crippen LogP contribution < -0.4 is 10.6 Å². The van der Waals surface area contributed by atoms with Gasteiger partial charge in [-0.2, -0.15) is 5.26 Å². The van der Waals surface area contributed by atoms with Gasteiger partial charge in [-0.15, -0.1) is 0 Å². The van der Waals surface area contributed by atoms with E-state index in [4.69, 9.17) is 0 Å². The predicted molar refractivity (Wildman–Crippen MR) is 126 cm³/mol. The Balaban J connectivity index is 1.65. The summed E-state index contributed by atoms with van der Waals surface area (Å²) < 4.78 is 0. The van der Waals surface area contributed by atoms with Crippen LogP contribution in [0.5, 0.6) is 0 Å². The van der Waals surface area contributed by atoms with E-state index in [2.05, 4.69) is 15.6 Å². The molecule has 0 radical (unpaired) electrons. The molecule has 0 unspecified atom stereocenters. The number of rotatable bonds is 6. The molecule has 2 aromatic carbocycles. The van der Waals surface area contributed by atoms with E-state index in [1.54, 1.807) is 11.0 Å². The van der Waals surface area contributed by atoms with Gasteiger partial charge in [-0.05, 0) is 23.3 Å². The summed E-state index contributed by atoms with van der Waals surface area (Å²) in [6.07, 6.45) is -0.0988. The molecular weight excluding hydrogens is 414 g/mol. The van der Waals surface area contributed by atoms with Crippen LogP contribution in [0.1, 0.15) is 16.9 Å². The lowest BCUT2D eigenvalue weighted by Crippen LogP contribution is -2.54. The first-order valence-electron chi connectivity index (χ1n) is 11.0. The van der Waals surface area contributed by atoms with Crippen molar-refractivity contribution in [3.8, 4) is 28.5 Å². The topological polar surface area (TPSA) is 98.1 Å². The van der Waals surface area contributed by atoms with Gasteiger partial charge < -0.3 is 15.5 Å². The number of benzene rings is 2. The van der Waals surface area contributed by atoms with Crippen molar-refractivity contribution in [2.24, 2.45) is 0 Å². The van der Waals surface area contributed by atoms with E-state index in [0.717, 1.165) is 16.7 Å². The van der Waals surface area contributed by atoms with E-state index in [0.29, 0.717) is 31.9 Å². The first kappa shape index (κ1) is 22.2. The molecule has 166 valence electrons. The average Bonchev–Trinajstić information content (AvgIpc) is 2.89. The zero-order chi connectivity index (χ0) is 23.0.